The minimum Gasteiger partial charge on any atom is -0.493 e. The number of para-hydroxylation sites is 1. The van der Waals surface area contributed by atoms with Crippen LogP contribution in [0.1, 0.15) is 31.6 Å². The third-order valence-electron chi connectivity index (χ3n) is 5.66. The molecule has 0 spiro atoms. The highest BCUT2D eigenvalue weighted by Gasteiger charge is 2.19. The molecule has 2 aromatic heterocycles. The van der Waals surface area contributed by atoms with Gasteiger partial charge in [0.15, 0.2) is 17.1 Å². The van der Waals surface area contributed by atoms with Crippen LogP contribution in [0.3, 0.4) is 0 Å². The van der Waals surface area contributed by atoms with E-state index in [-0.39, 0.29) is 12.6 Å². The Kier molecular flexibility index (Phi) is 5.57. The average molecular weight is 452 g/mol. The van der Waals surface area contributed by atoms with Gasteiger partial charge < -0.3 is 13.9 Å². The van der Waals surface area contributed by atoms with Crippen molar-refractivity contribution in [2.45, 2.75) is 38.3 Å². The van der Waals surface area contributed by atoms with E-state index in [0.29, 0.717) is 33.5 Å². The second kappa shape index (κ2) is 8.67. The zero-order chi connectivity index (χ0) is 22.1. The highest BCUT2D eigenvalue weighted by molar-refractivity contribution is 6.34. The number of oxazole rings is 1. The number of hydrogen-bond acceptors (Lipinski definition) is 6. The summed E-state index contributed by atoms with van der Waals surface area (Å²) < 4.78 is 18.9. The predicted octanol–water partition coefficient (Wildman–Crippen LogP) is 5.08. The number of fused-ring (bicyclic) bond motifs is 1. The molecule has 8 heteroatoms. The predicted molar refractivity (Wildman–Crippen MR) is 121 cm³/mol. The molecule has 0 N–H and O–H groups in total. The lowest BCUT2D eigenvalue weighted by Gasteiger charge is -2.17. The number of aromatic nitrogens is 3. The van der Waals surface area contributed by atoms with Crippen molar-refractivity contribution in [3.8, 4) is 22.6 Å². The minimum atomic E-state index is -0.391. The Labute approximate surface area is 189 Å². The van der Waals surface area contributed by atoms with Gasteiger partial charge in [0.25, 0.3) is 0 Å². The first-order chi connectivity index (χ1) is 15.6. The maximum atomic E-state index is 12.4. The molecular formula is C24H22ClN3O4. The zero-order valence-electron chi connectivity index (χ0n) is 17.6. The molecule has 2 aromatic carbocycles. The lowest BCUT2D eigenvalue weighted by molar-refractivity contribution is 0.201. The molecule has 1 aliphatic carbocycles. The molecular weight excluding hydrogens is 430 g/mol. The molecule has 1 aliphatic rings. The van der Waals surface area contributed by atoms with Crippen molar-refractivity contribution in [1.29, 1.82) is 0 Å². The molecule has 4 aromatic rings. The van der Waals surface area contributed by atoms with Crippen LogP contribution in [0.25, 0.3) is 22.2 Å². The van der Waals surface area contributed by atoms with E-state index in [1.807, 2.05) is 24.3 Å². The van der Waals surface area contributed by atoms with Gasteiger partial charge in [-0.3, -0.25) is 4.57 Å². The normalized spacial score (nSPS) is 14.2. The van der Waals surface area contributed by atoms with Crippen molar-refractivity contribution in [3.63, 3.8) is 0 Å². The van der Waals surface area contributed by atoms with Gasteiger partial charge in [-0.1, -0.05) is 23.7 Å². The van der Waals surface area contributed by atoms with Crippen molar-refractivity contribution in [2.75, 3.05) is 7.11 Å². The van der Waals surface area contributed by atoms with Crippen LogP contribution >= 0.6 is 11.6 Å². The quantitative estimate of drug-likeness (QED) is 0.406. The van der Waals surface area contributed by atoms with Gasteiger partial charge in [0.05, 0.1) is 18.2 Å². The molecule has 164 valence electrons. The van der Waals surface area contributed by atoms with Crippen LogP contribution in [0.4, 0.5) is 0 Å². The summed E-state index contributed by atoms with van der Waals surface area (Å²) in [6.45, 7) is 0.145. The average Bonchev–Trinajstić information content (AvgIpc) is 3.45. The Morgan fingerprint density at radius 3 is 2.78 bits per heavy atom. The SMILES string of the molecule is COc1ccc(-c2cnc(=O)n(Cc3nc4cccc(Cl)c4o3)c2)cc1OC1CCCC1. The summed E-state index contributed by atoms with van der Waals surface area (Å²) in [7, 11) is 1.63. The summed E-state index contributed by atoms with van der Waals surface area (Å²) in [5.74, 6) is 1.77. The Hall–Kier alpha value is -3.32. The fourth-order valence-corrected chi connectivity index (χ4v) is 4.23. The van der Waals surface area contributed by atoms with Gasteiger partial charge >= 0.3 is 5.69 Å². The van der Waals surface area contributed by atoms with Crippen molar-refractivity contribution in [2.24, 2.45) is 0 Å². The fraction of sp³-hybridized carbons (Fsp3) is 0.292. The van der Waals surface area contributed by atoms with Crippen LogP contribution in [-0.4, -0.2) is 27.7 Å². The van der Waals surface area contributed by atoms with Crippen LogP contribution in [0.2, 0.25) is 5.02 Å². The first kappa shape index (κ1) is 20.6. The second-order valence-corrected chi connectivity index (χ2v) is 8.25. The first-order valence-corrected chi connectivity index (χ1v) is 10.9. The maximum Gasteiger partial charge on any atom is 0.348 e. The van der Waals surface area contributed by atoms with E-state index >= 15 is 0 Å². The van der Waals surface area contributed by atoms with Gasteiger partial charge in [0.1, 0.15) is 12.1 Å². The van der Waals surface area contributed by atoms with E-state index in [0.717, 1.165) is 24.0 Å². The topological polar surface area (TPSA) is 79.4 Å². The molecule has 0 aliphatic heterocycles. The summed E-state index contributed by atoms with van der Waals surface area (Å²) in [5, 5.41) is 0.480. The van der Waals surface area contributed by atoms with Gasteiger partial charge in [-0.25, -0.2) is 14.8 Å². The molecule has 0 amide bonds. The molecule has 0 radical (unpaired) electrons. The lowest BCUT2D eigenvalue weighted by atomic mass is 10.1. The van der Waals surface area contributed by atoms with Gasteiger partial charge in [-0.05, 0) is 55.5 Å². The van der Waals surface area contributed by atoms with Gasteiger partial charge in [-0.15, -0.1) is 0 Å². The minimum absolute atomic E-state index is 0.145. The Morgan fingerprint density at radius 2 is 2.00 bits per heavy atom. The summed E-state index contributed by atoms with van der Waals surface area (Å²) in [5.41, 5.74) is 2.41. The van der Waals surface area contributed by atoms with Crippen LogP contribution in [0, 0.1) is 0 Å². The third kappa shape index (κ3) is 4.08. The van der Waals surface area contributed by atoms with E-state index < -0.39 is 5.69 Å². The molecule has 1 saturated carbocycles. The monoisotopic (exact) mass is 451 g/mol. The smallest absolute Gasteiger partial charge is 0.348 e. The molecule has 0 atom stereocenters. The van der Waals surface area contributed by atoms with Gasteiger partial charge in [-0.2, -0.15) is 0 Å². The number of nitrogens with zero attached hydrogens (tertiary/aromatic N) is 3. The molecule has 0 saturated heterocycles. The van der Waals surface area contributed by atoms with E-state index in [1.165, 1.54) is 17.4 Å². The summed E-state index contributed by atoms with van der Waals surface area (Å²) in [4.78, 5) is 20.9. The number of benzene rings is 2. The van der Waals surface area contributed by atoms with Crippen molar-refractivity contribution < 1.29 is 13.9 Å². The van der Waals surface area contributed by atoms with E-state index in [1.54, 1.807) is 31.6 Å². The molecule has 0 bridgehead atoms. The number of methoxy groups -OCH3 is 1. The van der Waals surface area contributed by atoms with Crippen LogP contribution in [0.15, 0.2) is 58.0 Å². The molecule has 32 heavy (non-hydrogen) atoms. The second-order valence-electron chi connectivity index (χ2n) is 7.84. The third-order valence-corrected chi connectivity index (χ3v) is 5.96. The fourth-order valence-electron chi connectivity index (χ4n) is 4.03. The van der Waals surface area contributed by atoms with Crippen LogP contribution < -0.4 is 15.2 Å². The Morgan fingerprint density at radius 1 is 1.16 bits per heavy atom. The number of rotatable bonds is 6. The number of ether oxygens (including phenoxy) is 2. The highest BCUT2D eigenvalue weighted by Crippen LogP contribution is 2.35. The van der Waals surface area contributed by atoms with E-state index in [4.69, 9.17) is 25.5 Å². The van der Waals surface area contributed by atoms with Crippen LogP contribution in [0.5, 0.6) is 11.5 Å². The summed E-state index contributed by atoms with van der Waals surface area (Å²) in [6, 6.07) is 11.1. The van der Waals surface area contributed by atoms with Gasteiger partial charge in [0.2, 0.25) is 5.89 Å². The van der Waals surface area contributed by atoms with Gasteiger partial charge in [0, 0.05) is 18.0 Å². The lowest BCUT2D eigenvalue weighted by Crippen LogP contribution is -2.22. The highest BCUT2D eigenvalue weighted by atomic mass is 35.5. The number of halogens is 1. The Balaban J connectivity index is 1.46. The molecule has 7 nitrogen and oxygen atoms in total. The largest absolute Gasteiger partial charge is 0.493 e. The van der Waals surface area contributed by atoms with Crippen molar-refractivity contribution in [3.05, 3.63) is 70.2 Å². The summed E-state index contributed by atoms with van der Waals surface area (Å²) in [6.07, 6.45) is 7.97. The van der Waals surface area contributed by atoms with E-state index in [9.17, 15) is 4.79 Å². The molecule has 0 unspecified atom stereocenters. The van der Waals surface area contributed by atoms with Crippen molar-refractivity contribution >= 4 is 22.7 Å². The molecule has 5 rings (SSSR count). The van der Waals surface area contributed by atoms with E-state index in [2.05, 4.69) is 9.97 Å². The molecule has 1 fully saturated rings. The number of hydrogen-bond donors (Lipinski definition) is 0. The van der Waals surface area contributed by atoms with Crippen LogP contribution in [-0.2, 0) is 6.54 Å². The zero-order valence-corrected chi connectivity index (χ0v) is 18.3. The molecule has 2 heterocycles. The maximum absolute atomic E-state index is 12.4. The van der Waals surface area contributed by atoms with Crippen molar-refractivity contribution in [1.82, 2.24) is 14.5 Å². The Bertz CT molecular complexity index is 1320. The summed E-state index contributed by atoms with van der Waals surface area (Å²) >= 11 is 6.17. The standard InChI is InChI=1S/C24H22ClN3O4/c1-30-20-10-9-15(11-21(20)31-17-5-2-3-6-17)16-12-26-24(29)28(13-16)14-22-27-19-8-4-7-18(25)23(19)32-22/h4,7-13,17H,2-3,5-6,14H2,1H3. The first-order valence-electron chi connectivity index (χ1n) is 10.6.